The third-order valence-electron chi connectivity index (χ3n) is 7.83. The van der Waals surface area contributed by atoms with Crippen LogP contribution in [0, 0.1) is 24.2 Å². The molecule has 2 aliphatic carbocycles. The SMILES string of the molecule is [C-]#[N+]C1=C[C@@]2(C)c3nc(-c4ccnc5ccccc45)nc(-c4ccc(F)cc4)c3CC[C@@H]2[C@@H](C)C1=O. The molecule has 5 nitrogen and oxygen atoms in total. The monoisotopic (exact) mass is 474 g/mol. The molecule has 4 aromatic rings. The molecule has 0 unspecified atom stereocenters. The van der Waals surface area contributed by atoms with Crippen LogP contribution >= 0.6 is 0 Å². The normalized spacial score (nSPS) is 22.9. The Labute approximate surface area is 208 Å². The highest BCUT2D eigenvalue weighted by Crippen LogP contribution is 2.51. The van der Waals surface area contributed by atoms with Gasteiger partial charge in [-0.15, -0.1) is 0 Å². The van der Waals surface area contributed by atoms with E-state index in [9.17, 15) is 9.18 Å². The Morgan fingerprint density at radius 1 is 1.08 bits per heavy atom. The molecule has 3 atom stereocenters. The Bertz CT molecular complexity index is 1610. The van der Waals surface area contributed by atoms with Gasteiger partial charge in [0.15, 0.2) is 11.6 Å². The van der Waals surface area contributed by atoms with Gasteiger partial charge in [0.1, 0.15) is 5.82 Å². The molecule has 0 saturated carbocycles. The molecule has 2 aliphatic rings. The average Bonchev–Trinajstić information content (AvgIpc) is 2.90. The number of ketones is 1. The number of hydrogen-bond acceptors (Lipinski definition) is 4. The van der Waals surface area contributed by atoms with Gasteiger partial charge in [-0.1, -0.05) is 38.1 Å². The van der Waals surface area contributed by atoms with Gasteiger partial charge in [-0.05, 0) is 55.2 Å². The van der Waals surface area contributed by atoms with Crippen LogP contribution in [0.5, 0.6) is 0 Å². The number of allylic oxidation sites excluding steroid dienone is 2. The van der Waals surface area contributed by atoms with Crippen molar-refractivity contribution in [1.29, 1.82) is 0 Å². The van der Waals surface area contributed by atoms with Crippen LogP contribution in [-0.4, -0.2) is 20.7 Å². The molecule has 0 N–H and O–H groups in total. The number of Topliss-reactive ketones (excluding diaryl/α,β-unsaturated/α-hetero) is 1. The van der Waals surface area contributed by atoms with E-state index in [1.54, 1.807) is 18.3 Å². The van der Waals surface area contributed by atoms with E-state index in [-0.39, 0.29) is 29.1 Å². The lowest BCUT2D eigenvalue weighted by molar-refractivity contribution is -0.121. The van der Waals surface area contributed by atoms with E-state index < -0.39 is 5.41 Å². The summed E-state index contributed by atoms with van der Waals surface area (Å²) < 4.78 is 13.8. The van der Waals surface area contributed by atoms with Gasteiger partial charge in [-0.2, -0.15) is 0 Å². The minimum Gasteiger partial charge on any atom is -0.308 e. The van der Waals surface area contributed by atoms with Crippen LogP contribution in [0.15, 0.2) is 72.6 Å². The maximum Gasteiger partial charge on any atom is 0.226 e. The summed E-state index contributed by atoms with van der Waals surface area (Å²) in [5.74, 6) is -0.0917. The Balaban J connectivity index is 1.68. The lowest BCUT2D eigenvalue weighted by Crippen LogP contribution is -2.46. The van der Waals surface area contributed by atoms with Crippen molar-refractivity contribution >= 4 is 16.7 Å². The number of hydrogen-bond donors (Lipinski definition) is 0. The molecular weight excluding hydrogens is 451 g/mol. The van der Waals surface area contributed by atoms with Crippen LogP contribution in [-0.2, 0) is 16.6 Å². The van der Waals surface area contributed by atoms with Gasteiger partial charge in [-0.25, -0.2) is 19.2 Å². The van der Waals surface area contributed by atoms with Crippen molar-refractivity contribution in [3.8, 4) is 22.6 Å². The molecule has 2 heterocycles. The van der Waals surface area contributed by atoms with Crippen molar-refractivity contribution in [3.63, 3.8) is 0 Å². The van der Waals surface area contributed by atoms with E-state index in [1.807, 2.05) is 43.3 Å². The third-order valence-corrected chi connectivity index (χ3v) is 7.83. The summed E-state index contributed by atoms with van der Waals surface area (Å²) in [6.45, 7) is 11.6. The van der Waals surface area contributed by atoms with E-state index in [0.717, 1.165) is 45.4 Å². The summed E-state index contributed by atoms with van der Waals surface area (Å²) in [6.07, 6.45) is 5.06. The number of nitrogens with zero attached hydrogens (tertiary/aromatic N) is 4. The second-order valence-electron chi connectivity index (χ2n) is 9.83. The minimum atomic E-state index is -0.601. The Kier molecular flexibility index (Phi) is 5.04. The van der Waals surface area contributed by atoms with Crippen LogP contribution in [0.25, 0.3) is 38.4 Å². The first-order valence-electron chi connectivity index (χ1n) is 12.1. The second-order valence-corrected chi connectivity index (χ2v) is 9.83. The number of benzene rings is 2. The summed E-state index contributed by atoms with van der Waals surface area (Å²) in [5, 5.41) is 0.937. The topological polar surface area (TPSA) is 60.1 Å². The molecule has 0 radical (unpaired) electrons. The smallest absolute Gasteiger partial charge is 0.226 e. The van der Waals surface area contributed by atoms with Crippen molar-refractivity contribution in [2.24, 2.45) is 11.8 Å². The molecule has 0 bridgehead atoms. The summed E-state index contributed by atoms with van der Waals surface area (Å²) in [7, 11) is 0. The summed E-state index contributed by atoms with van der Waals surface area (Å²) in [4.78, 5) is 31.1. The molecule has 0 aliphatic heterocycles. The van der Waals surface area contributed by atoms with Gasteiger partial charge in [0, 0.05) is 39.6 Å². The van der Waals surface area contributed by atoms with Gasteiger partial charge in [0.05, 0.1) is 23.5 Å². The van der Waals surface area contributed by atoms with E-state index in [0.29, 0.717) is 12.2 Å². The number of pyridine rings is 1. The Hall–Kier alpha value is -4.24. The molecule has 36 heavy (non-hydrogen) atoms. The molecule has 2 aromatic carbocycles. The molecule has 0 fully saturated rings. The zero-order chi connectivity index (χ0) is 25.0. The largest absolute Gasteiger partial charge is 0.308 e. The first-order valence-corrected chi connectivity index (χ1v) is 12.1. The van der Waals surface area contributed by atoms with E-state index in [2.05, 4.69) is 16.8 Å². The fraction of sp³-hybridized carbons (Fsp3) is 0.233. The van der Waals surface area contributed by atoms with Gasteiger partial charge in [0.25, 0.3) is 0 Å². The van der Waals surface area contributed by atoms with Gasteiger partial charge in [-0.3, -0.25) is 4.98 Å². The second kappa shape index (κ2) is 8.17. The van der Waals surface area contributed by atoms with Crippen LogP contribution in [0.4, 0.5) is 4.39 Å². The van der Waals surface area contributed by atoms with Crippen LogP contribution < -0.4 is 0 Å². The van der Waals surface area contributed by atoms with Crippen molar-refractivity contribution in [3.05, 3.63) is 101 Å². The molecule has 0 amide bonds. The Morgan fingerprint density at radius 3 is 2.64 bits per heavy atom. The van der Waals surface area contributed by atoms with Crippen molar-refractivity contribution < 1.29 is 9.18 Å². The molecule has 6 rings (SSSR count). The first-order chi connectivity index (χ1) is 17.4. The molecule has 2 aromatic heterocycles. The number of carbonyl (C=O) groups is 1. The van der Waals surface area contributed by atoms with Gasteiger partial charge >= 0.3 is 0 Å². The minimum absolute atomic E-state index is 0.0287. The maximum atomic E-state index is 13.8. The lowest BCUT2D eigenvalue weighted by atomic mass is 9.58. The van der Waals surface area contributed by atoms with E-state index in [4.69, 9.17) is 16.5 Å². The van der Waals surface area contributed by atoms with Crippen LogP contribution in [0.3, 0.4) is 0 Å². The Morgan fingerprint density at radius 2 is 1.86 bits per heavy atom. The van der Waals surface area contributed by atoms with Crippen molar-refractivity contribution in [2.75, 3.05) is 0 Å². The number of para-hydroxylation sites is 1. The highest BCUT2D eigenvalue weighted by atomic mass is 19.1. The predicted octanol–water partition coefficient (Wildman–Crippen LogP) is 6.34. The maximum absolute atomic E-state index is 13.8. The zero-order valence-electron chi connectivity index (χ0n) is 20.0. The third kappa shape index (κ3) is 3.27. The fourth-order valence-electron chi connectivity index (χ4n) is 6.00. The lowest BCUT2D eigenvalue weighted by Gasteiger charge is -2.46. The fourth-order valence-corrected chi connectivity index (χ4v) is 6.00. The van der Waals surface area contributed by atoms with Gasteiger partial charge in [0.2, 0.25) is 5.70 Å². The number of rotatable bonds is 2. The molecular formula is C30H23FN4O. The number of halogens is 1. The van der Waals surface area contributed by atoms with E-state index >= 15 is 0 Å². The quantitative estimate of drug-likeness (QED) is 0.318. The van der Waals surface area contributed by atoms with Crippen molar-refractivity contribution in [2.45, 2.75) is 32.1 Å². The standard InChI is InChI=1S/C30H23FN4O/c1-17-23-13-12-22-26(18-8-10-19(31)11-9-18)34-29(21-14-15-33-24-7-5-4-6-20(21)24)35-28(22)30(23,2)16-25(32-3)27(17)36/h4-11,14-17,23H,12-13H2,1-2H3/t17-,23-,30-/m1/s1. The average molecular weight is 475 g/mol. The summed E-state index contributed by atoms with van der Waals surface area (Å²) >= 11 is 0. The van der Waals surface area contributed by atoms with E-state index in [1.165, 1.54) is 12.1 Å². The highest BCUT2D eigenvalue weighted by molar-refractivity contribution is 6.00. The number of fused-ring (bicyclic) bond motifs is 4. The van der Waals surface area contributed by atoms with Crippen LogP contribution in [0.1, 0.15) is 31.5 Å². The summed E-state index contributed by atoms with van der Waals surface area (Å²) in [5.41, 5.74) is 4.67. The zero-order valence-corrected chi connectivity index (χ0v) is 20.0. The predicted molar refractivity (Wildman–Crippen MR) is 136 cm³/mol. The van der Waals surface area contributed by atoms with Crippen LogP contribution in [0.2, 0.25) is 0 Å². The van der Waals surface area contributed by atoms with Crippen molar-refractivity contribution in [1.82, 2.24) is 15.0 Å². The first kappa shape index (κ1) is 22.2. The summed E-state index contributed by atoms with van der Waals surface area (Å²) in [6, 6.07) is 16.1. The molecule has 0 spiro atoms. The molecule has 0 saturated heterocycles. The highest BCUT2D eigenvalue weighted by Gasteiger charge is 2.49. The molecule has 176 valence electrons. The number of aromatic nitrogens is 3. The molecule has 6 heteroatoms. The number of carbonyl (C=O) groups excluding carboxylic acids is 1. The van der Waals surface area contributed by atoms with Gasteiger partial charge < -0.3 is 4.79 Å².